The zero-order chi connectivity index (χ0) is 41.9. The van der Waals surface area contributed by atoms with Crippen LogP contribution < -0.4 is 5.73 Å². The van der Waals surface area contributed by atoms with Gasteiger partial charge >= 0.3 is 19.8 Å². The van der Waals surface area contributed by atoms with Crippen molar-refractivity contribution in [2.24, 2.45) is 5.73 Å². The Hall–Kier alpha value is -2.07. The smallest absolute Gasteiger partial charge is 0.472 e. The van der Waals surface area contributed by atoms with Gasteiger partial charge in [-0.1, -0.05) is 159 Å². The van der Waals surface area contributed by atoms with E-state index in [0.717, 1.165) is 77.0 Å². The number of esters is 1. The van der Waals surface area contributed by atoms with Crippen molar-refractivity contribution < 1.29 is 42.7 Å². The molecule has 3 atom stereocenters. The van der Waals surface area contributed by atoms with Gasteiger partial charge in [0.2, 0.25) is 0 Å². The van der Waals surface area contributed by atoms with E-state index < -0.39 is 45.1 Å². The first-order chi connectivity index (χ1) is 27.7. The first-order valence-electron chi connectivity index (χ1n) is 22.7. The van der Waals surface area contributed by atoms with Crippen LogP contribution in [0.5, 0.6) is 0 Å². The number of hydrogen-bond donors (Lipinski definition) is 3. The van der Waals surface area contributed by atoms with Crippen LogP contribution in [-0.2, 0) is 32.7 Å². The Labute approximate surface area is 348 Å². The SMILES string of the molecule is CCCCCC/C=C\CCCCCCCC(=O)OC(COCCCCCCCCC/C=C\C/C=C\C/C=C\CCCCCCC)COP(=O)(O)OCC(N)C(=O)O. The molecule has 4 N–H and O–H groups in total. The minimum Gasteiger partial charge on any atom is -0.480 e. The Morgan fingerprint density at radius 1 is 0.561 bits per heavy atom. The number of carbonyl (C=O) groups excluding carboxylic acids is 1. The molecule has 0 saturated heterocycles. The third-order valence-corrected chi connectivity index (χ3v) is 10.5. The summed E-state index contributed by atoms with van der Waals surface area (Å²) in [5.41, 5.74) is 5.35. The quantitative estimate of drug-likeness (QED) is 0.0234. The fourth-order valence-electron chi connectivity index (χ4n) is 6.02. The van der Waals surface area contributed by atoms with Crippen molar-refractivity contribution in [1.29, 1.82) is 0 Å². The molecule has 0 radical (unpaired) electrons. The molecule has 0 saturated carbocycles. The minimum absolute atomic E-state index is 0.00606. The van der Waals surface area contributed by atoms with E-state index in [2.05, 4.69) is 62.5 Å². The molecule has 332 valence electrons. The van der Waals surface area contributed by atoms with Crippen molar-refractivity contribution in [3.63, 3.8) is 0 Å². The van der Waals surface area contributed by atoms with Gasteiger partial charge in [0.25, 0.3) is 0 Å². The van der Waals surface area contributed by atoms with Gasteiger partial charge in [-0.15, -0.1) is 0 Å². The van der Waals surface area contributed by atoms with Crippen molar-refractivity contribution in [2.75, 3.05) is 26.4 Å². The highest BCUT2D eigenvalue weighted by Gasteiger charge is 2.27. The van der Waals surface area contributed by atoms with Crippen molar-refractivity contribution >= 4 is 19.8 Å². The molecule has 3 unspecified atom stereocenters. The van der Waals surface area contributed by atoms with Crippen LogP contribution in [0.25, 0.3) is 0 Å². The van der Waals surface area contributed by atoms with E-state index in [-0.39, 0.29) is 13.0 Å². The summed E-state index contributed by atoms with van der Waals surface area (Å²) < 4.78 is 33.3. The van der Waals surface area contributed by atoms with E-state index in [0.29, 0.717) is 13.0 Å². The Kier molecular flexibility index (Phi) is 40.5. The first kappa shape index (κ1) is 54.9. The summed E-state index contributed by atoms with van der Waals surface area (Å²) in [6.45, 7) is 3.82. The van der Waals surface area contributed by atoms with Gasteiger partial charge in [0.05, 0.1) is 19.8 Å². The minimum atomic E-state index is -4.62. The maximum Gasteiger partial charge on any atom is 0.472 e. The van der Waals surface area contributed by atoms with Gasteiger partial charge in [-0.2, -0.15) is 0 Å². The second-order valence-electron chi connectivity index (χ2n) is 15.2. The maximum absolute atomic E-state index is 12.6. The second-order valence-corrected chi connectivity index (χ2v) is 16.6. The number of ether oxygens (including phenoxy) is 2. The van der Waals surface area contributed by atoms with E-state index in [1.807, 2.05) is 0 Å². The van der Waals surface area contributed by atoms with Gasteiger partial charge < -0.3 is 25.2 Å². The van der Waals surface area contributed by atoms with Gasteiger partial charge in [-0.05, 0) is 77.0 Å². The Morgan fingerprint density at radius 2 is 0.965 bits per heavy atom. The fraction of sp³-hybridized carbons (Fsp3) is 0.783. The molecule has 57 heavy (non-hydrogen) atoms. The Balaban J connectivity index is 4.21. The number of carbonyl (C=O) groups is 2. The number of unbranched alkanes of at least 4 members (excludes halogenated alkanes) is 21. The second kappa shape index (κ2) is 42.1. The molecule has 0 spiro atoms. The lowest BCUT2D eigenvalue weighted by atomic mass is 10.1. The predicted octanol–water partition coefficient (Wildman–Crippen LogP) is 12.6. The van der Waals surface area contributed by atoms with E-state index in [1.165, 1.54) is 89.9 Å². The number of aliphatic carboxylic acids is 1. The van der Waals surface area contributed by atoms with Crippen LogP contribution in [-0.4, -0.2) is 60.5 Å². The predicted molar refractivity (Wildman–Crippen MR) is 235 cm³/mol. The lowest BCUT2D eigenvalue weighted by Crippen LogP contribution is -2.34. The summed E-state index contributed by atoms with van der Waals surface area (Å²) in [6.07, 6.45) is 48.8. The largest absolute Gasteiger partial charge is 0.480 e. The molecule has 0 aliphatic carbocycles. The molecule has 0 amide bonds. The van der Waals surface area contributed by atoms with Crippen molar-refractivity contribution in [1.82, 2.24) is 0 Å². The van der Waals surface area contributed by atoms with Gasteiger partial charge in [0.1, 0.15) is 12.1 Å². The topological polar surface area (TPSA) is 155 Å². The lowest BCUT2D eigenvalue weighted by molar-refractivity contribution is -0.154. The summed E-state index contributed by atoms with van der Waals surface area (Å²) in [5.74, 6) is -1.79. The molecule has 0 bridgehead atoms. The van der Waals surface area contributed by atoms with Gasteiger partial charge in [-0.3, -0.25) is 18.6 Å². The number of phosphoric acid groups is 1. The van der Waals surface area contributed by atoms with Crippen molar-refractivity contribution in [3.8, 4) is 0 Å². The van der Waals surface area contributed by atoms with Gasteiger partial charge in [0, 0.05) is 13.0 Å². The Morgan fingerprint density at radius 3 is 1.47 bits per heavy atom. The standard InChI is InChI=1S/C46H84NO9P/c1-3-5-7-9-11-13-15-17-18-19-20-21-22-23-24-25-27-29-31-33-35-37-39-53-40-43(41-54-57(51,52)55-42-44(47)46(49)50)56-45(48)38-36-34-32-30-28-26-16-14-12-10-8-6-4-2/h14-17,19-20,22-23,43-44H,3-13,18,21,24-42,47H2,1-2H3,(H,49,50)(H,51,52)/b16-14-,17-15-,20-19-,23-22-. The molecule has 0 aromatic carbocycles. The molecular weight excluding hydrogens is 741 g/mol. The summed E-state index contributed by atoms with van der Waals surface area (Å²) >= 11 is 0. The molecule has 10 nitrogen and oxygen atoms in total. The third-order valence-electron chi connectivity index (χ3n) is 9.58. The molecule has 0 aromatic rings. The average molecular weight is 826 g/mol. The summed E-state index contributed by atoms with van der Waals surface area (Å²) in [4.78, 5) is 33.5. The maximum atomic E-state index is 12.6. The fourth-order valence-corrected chi connectivity index (χ4v) is 6.79. The first-order valence-corrected chi connectivity index (χ1v) is 24.2. The summed E-state index contributed by atoms with van der Waals surface area (Å²) in [6, 6.07) is -1.48. The highest BCUT2D eigenvalue weighted by Crippen LogP contribution is 2.43. The highest BCUT2D eigenvalue weighted by molar-refractivity contribution is 7.47. The normalized spacial score (nSPS) is 14.3. The van der Waals surface area contributed by atoms with Crippen molar-refractivity contribution in [2.45, 2.75) is 206 Å². The van der Waals surface area contributed by atoms with Crippen LogP contribution in [0.2, 0.25) is 0 Å². The molecular formula is C46H84NO9P. The van der Waals surface area contributed by atoms with Crippen LogP contribution in [0.15, 0.2) is 48.6 Å². The molecule has 0 fully saturated rings. The third kappa shape index (κ3) is 41.9. The number of hydrogen-bond acceptors (Lipinski definition) is 8. The van der Waals surface area contributed by atoms with Crippen LogP contribution in [0.1, 0.15) is 194 Å². The molecule has 11 heteroatoms. The van der Waals surface area contributed by atoms with Crippen LogP contribution >= 0.6 is 7.82 Å². The molecule has 0 heterocycles. The molecule has 0 aliphatic heterocycles. The van der Waals surface area contributed by atoms with Crippen molar-refractivity contribution in [3.05, 3.63) is 48.6 Å². The van der Waals surface area contributed by atoms with Crippen LogP contribution in [0, 0.1) is 0 Å². The molecule has 0 rings (SSSR count). The molecule has 0 aliphatic rings. The molecule has 0 aromatic heterocycles. The van der Waals surface area contributed by atoms with Gasteiger partial charge in [0.15, 0.2) is 0 Å². The van der Waals surface area contributed by atoms with E-state index >= 15 is 0 Å². The summed E-state index contributed by atoms with van der Waals surface area (Å²) in [7, 11) is -4.62. The monoisotopic (exact) mass is 826 g/mol. The number of nitrogens with two attached hydrogens (primary N) is 1. The van der Waals surface area contributed by atoms with Crippen LogP contribution in [0.4, 0.5) is 0 Å². The number of carboxylic acids is 1. The number of carboxylic acid groups (broad SMARTS) is 1. The van der Waals surface area contributed by atoms with E-state index in [9.17, 15) is 19.0 Å². The zero-order valence-electron chi connectivity index (χ0n) is 36.2. The van der Waals surface area contributed by atoms with E-state index in [1.54, 1.807) is 0 Å². The number of rotatable bonds is 43. The average Bonchev–Trinajstić information content (AvgIpc) is 3.19. The number of phosphoric ester groups is 1. The van der Waals surface area contributed by atoms with E-state index in [4.69, 9.17) is 29.4 Å². The van der Waals surface area contributed by atoms with Gasteiger partial charge in [-0.25, -0.2) is 4.57 Å². The summed E-state index contributed by atoms with van der Waals surface area (Å²) in [5, 5.41) is 8.90. The lowest BCUT2D eigenvalue weighted by Gasteiger charge is -2.20. The Bertz CT molecular complexity index is 1090. The number of allylic oxidation sites excluding steroid dienone is 8. The highest BCUT2D eigenvalue weighted by atomic mass is 31.2. The zero-order valence-corrected chi connectivity index (χ0v) is 37.1. The van der Waals surface area contributed by atoms with Crippen LogP contribution in [0.3, 0.4) is 0 Å².